The number of benzene rings is 1. The smallest absolute Gasteiger partial charge is 0.294 e. The summed E-state index contributed by atoms with van der Waals surface area (Å²) in [6, 6.07) is 9.66. The molecule has 2 aromatic heterocycles. The number of hydrogen-bond donors (Lipinski definition) is 0. The van der Waals surface area contributed by atoms with Gasteiger partial charge in [-0.25, -0.2) is 4.98 Å². The number of rotatable bonds is 7. The van der Waals surface area contributed by atoms with E-state index in [-0.39, 0.29) is 11.5 Å². The number of ether oxygens (including phenoxy) is 1. The fourth-order valence-electron chi connectivity index (χ4n) is 4.19. The molecular weight excluding hydrogens is 418 g/mol. The minimum Gasteiger partial charge on any atom is -0.497 e. The lowest BCUT2D eigenvalue weighted by molar-refractivity contribution is -0.131. The second kappa shape index (κ2) is 10.0. The molecule has 33 heavy (non-hydrogen) atoms. The van der Waals surface area contributed by atoms with Crippen molar-refractivity contribution < 1.29 is 9.53 Å². The van der Waals surface area contributed by atoms with E-state index in [0.717, 1.165) is 22.3 Å². The molecule has 1 aliphatic rings. The van der Waals surface area contributed by atoms with Crippen molar-refractivity contribution in [1.29, 1.82) is 0 Å². The summed E-state index contributed by atoms with van der Waals surface area (Å²) in [7, 11) is 1.64. The number of pyridine rings is 1. The van der Waals surface area contributed by atoms with Crippen LogP contribution >= 0.6 is 0 Å². The van der Waals surface area contributed by atoms with Gasteiger partial charge in [-0.15, -0.1) is 0 Å². The minimum absolute atomic E-state index is 0.0940. The zero-order valence-electron chi connectivity index (χ0n) is 19.5. The van der Waals surface area contributed by atoms with Gasteiger partial charge in [0.2, 0.25) is 5.91 Å². The second-order valence-corrected chi connectivity index (χ2v) is 8.83. The van der Waals surface area contributed by atoms with E-state index in [4.69, 9.17) is 4.74 Å². The van der Waals surface area contributed by atoms with Crippen LogP contribution in [-0.2, 0) is 17.8 Å². The molecule has 0 spiro atoms. The number of fused-ring (bicyclic) bond motifs is 1. The van der Waals surface area contributed by atoms with Crippen LogP contribution in [0.25, 0.3) is 11.0 Å². The number of aryl methyl sites for hydroxylation is 1. The maximum absolute atomic E-state index is 13.3. The molecule has 4 rings (SSSR count). The van der Waals surface area contributed by atoms with Crippen molar-refractivity contribution in [3.8, 4) is 5.75 Å². The van der Waals surface area contributed by atoms with Crippen molar-refractivity contribution >= 4 is 22.8 Å². The molecule has 174 valence electrons. The molecule has 3 aromatic rings. The van der Waals surface area contributed by atoms with E-state index in [1.807, 2.05) is 40.1 Å². The van der Waals surface area contributed by atoms with Crippen LogP contribution in [0.4, 0.5) is 5.82 Å². The summed E-state index contributed by atoms with van der Waals surface area (Å²) in [6.07, 6.45) is 4.57. The number of carbonyl (C=O) groups is 1. The molecule has 0 atom stereocenters. The highest BCUT2D eigenvalue weighted by molar-refractivity contribution is 5.77. The molecule has 0 N–H and O–H groups in total. The fourth-order valence-corrected chi connectivity index (χ4v) is 4.19. The third kappa shape index (κ3) is 5.16. The molecule has 8 nitrogen and oxygen atoms in total. The zero-order chi connectivity index (χ0) is 23.4. The van der Waals surface area contributed by atoms with Gasteiger partial charge in [0.15, 0.2) is 5.82 Å². The number of amides is 1. The first-order chi connectivity index (χ1) is 16.0. The zero-order valence-corrected chi connectivity index (χ0v) is 19.5. The first kappa shape index (κ1) is 22.8. The molecule has 0 aliphatic carbocycles. The SMILES string of the molecule is COc1ccc(CCC(=O)N2CCN(c3nc4ccncc4n(CC(C)C)c3=O)CC2)cc1. The van der Waals surface area contributed by atoms with Crippen molar-refractivity contribution in [2.75, 3.05) is 38.2 Å². The molecule has 0 unspecified atom stereocenters. The summed E-state index contributed by atoms with van der Waals surface area (Å²) in [5.41, 5.74) is 2.54. The highest BCUT2D eigenvalue weighted by atomic mass is 16.5. The molecule has 3 heterocycles. The van der Waals surface area contributed by atoms with Gasteiger partial charge in [-0.3, -0.25) is 14.6 Å². The summed E-state index contributed by atoms with van der Waals surface area (Å²) in [5.74, 6) is 1.73. The number of aromatic nitrogens is 3. The molecular formula is C25H31N5O3. The number of hydrogen-bond acceptors (Lipinski definition) is 6. The molecule has 1 amide bonds. The van der Waals surface area contributed by atoms with Crippen molar-refractivity contribution in [2.24, 2.45) is 5.92 Å². The van der Waals surface area contributed by atoms with Crippen LogP contribution in [0.5, 0.6) is 5.75 Å². The Balaban J connectivity index is 1.42. The Bertz CT molecular complexity index is 1160. The number of anilines is 1. The molecule has 1 saturated heterocycles. The average molecular weight is 450 g/mol. The molecule has 1 aliphatic heterocycles. The largest absolute Gasteiger partial charge is 0.497 e. The Hall–Kier alpha value is -3.42. The van der Waals surface area contributed by atoms with Crippen LogP contribution in [0.3, 0.4) is 0 Å². The summed E-state index contributed by atoms with van der Waals surface area (Å²) < 4.78 is 6.96. The van der Waals surface area contributed by atoms with E-state index in [1.54, 1.807) is 24.1 Å². The van der Waals surface area contributed by atoms with Gasteiger partial charge in [-0.05, 0) is 36.1 Å². The Kier molecular flexibility index (Phi) is 6.91. The van der Waals surface area contributed by atoms with Crippen LogP contribution in [0, 0.1) is 5.92 Å². The van der Waals surface area contributed by atoms with Crippen molar-refractivity contribution in [3.63, 3.8) is 0 Å². The fraction of sp³-hybridized carbons (Fsp3) is 0.440. The number of piperazine rings is 1. The van der Waals surface area contributed by atoms with Crippen LogP contribution < -0.4 is 15.2 Å². The van der Waals surface area contributed by atoms with Crippen LogP contribution in [-0.4, -0.2) is 58.6 Å². The van der Waals surface area contributed by atoms with Gasteiger partial charge in [0.1, 0.15) is 5.75 Å². The minimum atomic E-state index is -0.0940. The third-order valence-corrected chi connectivity index (χ3v) is 6.00. The Morgan fingerprint density at radius 3 is 2.48 bits per heavy atom. The number of nitrogens with zero attached hydrogens (tertiary/aromatic N) is 5. The van der Waals surface area contributed by atoms with Crippen molar-refractivity contribution in [1.82, 2.24) is 19.4 Å². The topological polar surface area (TPSA) is 80.6 Å². The first-order valence-electron chi connectivity index (χ1n) is 11.5. The average Bonchev–Trinajstić information content (AvgIpc) is 2.84. The predicted octanol–water partition coefficient (Wildman–Crippen LogP) is 2.74. The third-order valence-electron chi connectivity index (χ3n) is 6.00. The number of methoxy groups -OCH3 is 1. The highest BCUT2D eigenvalue weighted by Gasteiger charge is 2.25. The monoisotopic (exact) mass is 449 g/mol. The molecule has 8 heteroatoms. The standard InChI is InChI=1S/C25H31N5O3/c1-18(2)17-30-22-16-26-11-10-21(22)27-24(25(30)32)29-14-12-28(13-15-29)23(31)9-6-19-4-7-20(33-3)8-5-19/h4-5,7-8,10-11,16,18H,6,9,12-15,17H2,1-3H3. The van der Waals surface area contributed by atoms with E-state index in [0.29, 0.717) is 57.3 Å². The molecule has 1 aromatic carbocycles. The van der Waals surface area contributed by atoms with Gasteiger partial charge < -0.3 is 19.1 Å². The lowest BCUT2D eigenvalue weighted by Crippen LogP contribution is -2.50. The van der Waals surface area contributed by atoms with Gasteiger partial charge in [0.25, 0.3) is 5.56 Å². The van der Waals surface area contributed by atoms with E-state index < -0.39 is 0 Å². The van der Waals surface area contributed by atoms with E-state index in [1.165, 1.54) is 0 Å². The lowest BCUT2D eigenvalue weighted by atomic mass is 10.1. The van der Waals surface area contributed by atoms with Gasteiger partial charge in [0, 0.05) is 45.3 Å². The quantitative estimate of drug-likeness (QED) is 0.552. The second-order valence-electron chi connectivity index (χ2n) is 8.83. The van der Waals surface area contributed by atoms with Gasteiger partial charge >= 0.3 is 0 Å². The van der Waals surface area contributed by atoms with Crippen LogP contribution in [0.2, 0.25) is 0 Å². The molecule has 0 saturated carbocycles. The molecule has 1 fully saturated rings. The van der Waals surface area contributed by atoms with Crippen LogP contribution in [0.1, 0.15) is 25.8 Å². The van der Waals surface area contributed by atoms with Crippen molar-refractivity contribution in [3.05, 3.63) is 58.6 Å². The Labute approximate surface area is 193 Å². The van der Waals surface area contributed by atoms with Gasteiger partial charge in [0.05, 0.1) is 24.3 Å². The predicted molar refractivity (Wildman–Crippen MR) is 129 cm³/mol. The summed E-state index contributed by atoms with van der Waals surface area (Å²) >= 11 is 0. The highest BCUT2D eigenvalue weighted by Crippen LogP contribution is 2.17. The van der Waals surface area contributed by atoms with Crippen LogP contribution in [0.15, 0.2) is 47.5 Å². The molecule has 0 radical (unpaired) electrons. The Morgan fingerprint density at radius 1 is 1.09 bits per heavy atom. The molecule has 0 bridgehead atoms. The summed E-state index contributed by atoms with van der Waals surface area (Å²) in [5, 5.41) is 0. The van der Waals surface area contributed by atoms with E-state index in [9.17, 15) is 9.59 Å². The van der Waals surface area contributed by atoms with Gasteiger partial charge in [-0.1, -0.05) is 26.0 Å². The normalized spacial score (nSPS) is 14.2. The Morgan fingerprint density at radius 2 is 1.82 bits per heavy atom. The van der Waals surface area contributed by atoms with E-state index in [2.05, 4.69) is 23.8 Å². The first-order valence-corrected chi connectivity index (χ1v) is 11.5. The maximum Gasteiger partial charge on any atom is 0.294 e. The van der Waals surface area contributed by atoms with E-state index >= 15 is 0 Å². The lowest BCUT2D eigenvalue weighted by Gasteiger charge is -2.35. The number of carbonyl (C=O) groups excluding carboxylic acids is 1. The van der Waals surface area contributed by atoms with Crippen molar-refractivity contribution in [2.45, 2.75) is 33.2 Å². The van der Waals surface area contributed by atoms with Gasteiger partial charge in [-0.2, -0.15) is 0 Å². The summed E-state index contributed by atoms with van der Waals surface area (Å²) in [4.78, 5) is 38.8. The summed E-state index contributed by atoms with van der Waals surface area (Å²) in [6.45, 7) is 7.14. The maximum atomic E-state index is 13.3.